The van der Waals surface area contributed by atoms with Gasteiger partial charge in [-0.25, -0.2) is 4.79 Å². The number of aromatic nitrogens is 2. The van der Waals surface area contributed by atoms with E-state index in [1.165, 1.54) is 16.8 Å². The van der Waals surface area contributed by atoms with E-state index < -0.39 is 29.4 Å². The third kappa shape index (κ3) is 2.04. The van der Waals surface area contributed by atoms with Crippen LogP contribution in [0.2, 0.25) is 0 Å². The first kappa shape index (κ1) is 13.3. The average molecular weight is 280 g/mol. The molecule has 0 bridgehead atoms. The van der Waals surface area contributed by atoms with Crippen LogP contribution in [0.1, 0.15) is 20.1 Å². The predicted octanol–water partition coefficient (Wildman–Crippen LogP) is 0.140. The second-order valence-corrected chi connectivity index (χ2v) is 5.31. The standard InChI is InChI=1S/C13H16N2O5/c1-4-7-9-10(20-13(2,3)19-9)11(18-7)15-6-5-8(16)14-12(15)17/h4-7,9-11H,1H2,2-3H3,(H,14,16,17)/t7-,9-,10-,11-/m1/s1. The second kappa shape index (κ2) is 4.41. The van der Waals surface area contributed by atoms with Crippen LogP contribution >= 0.6 is 0 Å². The lowest BCUT2D eigenvalue weighted by Crippen LogP contribution is -2.37. The number of nitrogens with zero attached hydrogens (tertiary/aromatic N) is 1. The highest BCUT2D eigenvalue weighted by Gasteiger charge is 2.55. The zero-order valence-corrected chi connectivity index (χ0v) is 11.2. The van der Waals surface area contributed by atoms with Crippen molar-refractivity contribution in [3.63, 3.8) is 0 Å². The van der Waals surface area contributed by atoms with E-state index >= 15 is 0 Å². The summed E-state index contributed by atoms with van der Waals surface area (Å²) in [6.07, 6.45) is 1.23. The topological polar surface area (TPSA) is 82.6 Å². The molecule has 0 aliphatic carbocycles. The molecule has 108 valence electrons. The third-order valence-electron chi connectivity index (χ3n) is 3.42. The zero-order chi connectivity index (χ0) is 14.5. The maximum absolute atomic E-state index is 11.9. The molecule has 7 heteroatoms. The van der Waals surface area contributed by atoms with Crippen molar-refractivity contribution in [1.29, 1.82) is 0 Å². The lowest BCUT2D eigenvalue weighted by molar-refractivity contribution is -0.192. The van der Waals surface area contributed by atoms with Gasteiger partial charge in [0.15, 0.2) is 12.0 Å². The quantitative estimate of drug-likeness (QED) is 0.779. The molecule has 1 aromatic heterocycles. The Labute approximate surface area is 114 Å². The second-order valence-electron chi connectivity index (χ2n) is 5.31. The molecular formula is C13H16N2O5. The van der Waals surface area contributed by atoms with Gasteiger partial charge in [0, 0.05) is 12.3 Å². The molecule has 0 radical (unpaired) electrons. The minimum Gasteiger partial charge on any atom is -0.345 e. The van der Waals surface area contributed by atoms with Gasteiger partial charge in [-0.05, 0) is 13.8 Å². The molecule has 2 saturated heterocycles. The molecule has 0 spiro atoms. The van der Waals surface area contributed by atoms with Crippen molar-refractivity contribution in [2.24, 2.45) is 0 Å². The van der Waals surface area contributed by atoms with Gasteiger partial charge >= 0.3 is 5.69 Å². The minimum absolute atomic E-state index is 0.327. The number of aromatic amines is 1. The fraction of sp³-hybridized carbons (Fsp3) is 0.538. The molecule has 0 saturated carbocycles. The van der Waals surface area contributed by atoms with Crippen molar-refractivity contribution in [1.82, 2.24) is 9.55 Å². The highest BCUT2D eigenvalue weighted by molar-refractivity contribution is 5.03. The van der Waals surface area contributed by atoms with Crippen LogP contribution in [-0.4, -0.2) is 33.7 Å². The van der Waals surface area contributed by atoms with Crippen LogP contribution in [0.4, 0.5) is 0 Å². The van der Waals surface area contributed by atoms with E-state index in [0.717, 1.165) is 0 Å². The number of nitrogens with one attached hydrogen (secondary N) is 1. The molecule has 0 aromatic carbocycles. The summed E-state index contributed by atoms with van der Waals surface area (Å²) in [6, 6.07) is 1.27. The number of hydrogen-bond acceptors (Lipinski definition) is 5. The summed E-state index contributed by atoms with van der Waals surface area (Å²) in [7, 11) is 0. The average Bonchev–Trinajstić information content (AvgIpc) is 2.83. The van der Waals surface area contributed by atoms with Gasteiger partial charge in [-0.1, -0.05) is 6.08 Å². The summed E-state index contributed by atoms with van der Waals surface area (Å²) in [5.41, 5.74) is -0.996. The Morgan fingerprint density at radius 3 is 2.70 bits per heavy atom. The van der Waals surface area contributed by atoms with E-state index in [-0.39, 0.29) is 12.2 Å². The van der Waals surface area contributed by atoms with Crippen LogP contribution in [0, 0.1) is 0 Å². The number of H-pyrrole nitrogens is 1. The Bertz CT molecular complexity index is 647. The van der Waals surface area contributed by atoms with Gasteiger partial charge in [-0.2, -0.15) is 0 Å². The fourth-order valence-electron chi connectivity index (χ4n) is 2.65. The van der Waals surface area contributed by atoms with E-state index in [9.17, 15) is 9.59 Å². The Hall–Kier alpha value is -1.70. The first-order valence-corrected chi connectivity index (χ1v) is 6.36. The summed E-state index contributed by atoms with van der Waals surface area (Å²) in [4.78, 5) is 25.2. The van der Waals surface area contributed by atoms with Gasteiger partial charge in [0.05, 0.1) is 0 Å². The normalized spacial score (nSPS) is 34.9. The highest BCUT2D eigenvalue weighted by Crippen LogP contribution is 2.42. The molecule has 4 atom stereocenters. The predicted molar refractivity (Wildman–Crippen MR) is 69.3 cm³/mol. The fourth-order valence-corrected chi connectivity index (χ4v) is 2.65. The number of hydrogen-bond donors (Lipinski definition) is 1. The van der Waals surface area contributed by atoms with E-state index in [1.54, 1.807) is 19.9 Å². The van der Waals surface area contributed by atoms with E-state index in [1.807, 2.05) is 0 Å². The summed E-state index contributed by atoms with van der Waals surface area (Å²) < 4.78 is 18.6. The molecule has 2 aliphatic heterocycles. The van der Waals surface area contributed by atoms with Gasteiger partial charge < -0.3 is 14.2 Å². The summed E-state index contributed by atoms with van der Waals surface area (Å²) in [5.74, 6) is -0.746. The molecule has 3 rings (SSSR count). The molecule has 0 unspecified atom stereocenters. The molecular weight excluding hydrogens is 264 g/mol. The van der Waals surface area contributed by atoms with Crippen LogP contribution in [0.5, 0.6) is 0 Å². The lowest BCUT2D eigenvalue weighted by atomic mass is 10.1. The smallest absolute Gasteiger partial charge is 0.330 e. The SMILES string of the molecule is C=C[C@H]1O[C@@H](n2ccc(=O)[nH]c2=O)[C@@H]2OC(C)(C)O[C@@H]21. The van der Waals surface area contributed by atoms with Gasteiger partial charge in [-0.15, -0.1) is 6.58 Å². The Morgan fingerprint density at radius 1 is 1.35 bits per heavy atom. The van der Waals surface area contributed by atoms with Crippen LogP contribution in [-0.2, 0) is 14.2 Å². The first-order valence-electron chi connectivity index (χ1n) is 6.36. The first-order chi connectivity index (χ1) is 9.41. The largest absolute Gasteiger partial charge is 0.345 e. The molecule has 2 fully saturated rings. The Morgan fingerprint density at radius 2 is 2.05 bits per heavy atom. The van der Waals surface area contributed by atoms with Crippen molar-refractivity contribution in [3.05, 3.63) is 45.8 Å². The maximum Gasteiger partial charge on any atom is 0.330 e. The van der Waals surface area contributed by atoms with E-state index in [0.29, 0.717) is 0 Å². The van der Waals surface area contributed by atoms with Crippen LogP contribution in [0.3, 0.4) is 0 Å². The molecule has 3 heterocycles. The van der Waals surface area contributed by atoms with Crippen molar-refractivity contribution in [2.75, 3.05) is 0 Å². The molecule has 20 heavy (non-hydrogen) atoms. The molecule has 1 aromatic rings. The number of rotatable bonds is 2. The number of ether oxygens (including phenoxy) is 3. The molecule has 0 amide bonds. The van der Waals surface area contributed by atoms with Crippen LogP contribution in [0.25, 0.3) is 0 Å². The lowest BCUT2D eigenvalue weighted by Gasteiger charge is -2.23. The monoisotopic (exact) mass is 280 g/mol. The van der Waals surface area contributed by atoms with Crippen molar-refractivity contribution < 1.29 is 14.2 Å². The minimum atomic E-state index is -0.746. The maximum atomic E-state index is 11.9. The van der Waals surface area contributed by atoms with Gasteiger partial charge in [0.2, 0.25) is 0 Å². The van der Waals surface area contributed by atoms with Crippen LogP contribution in [0.15, 0.2) is 34.5 Å². The van der Waals surface area contributed by atoms with Gasteiger partial charge in [0.1, 0.15) is 18.3 Å². The Balaban J connectivity index is 2.00. The Kier molecular flexibility index (Phi) is 2.93. The van der Waals surface area contributed by atoms with Gasteiger partial charge in [0.25, 0.3) is 5.56 Å². The summed E-state index contributed by atoms with van der Waals surface area (Å²) >= 11 is 0. The molecule has 1 N–H and O–H groups in total. The van der Waals surface area contributed by atoms with Crippen molar-refractivity contribution in [2.45, 2.75) is 44.2 Å². The van der Waals surface area contributed by atoms with Crippen LogP contribution < -0.4 is 11.2 Å². The molecule has 7 nitrogen and oxygen atoms in total. The van der Waals surface area contributed by atoms with Gasteiger partial charge in [-0.3, -0.25) is 14.3 Å². The van der Waals surface area contributed by atoms with E-state index in [4.69, 9.17) is 14.2 Å². The summed E-state index contributed by atoms with van der Waals surface area (Å²) in [5, 5.41) is 0. The third-order valence-corrected chi connectivity index (χ3v) is 3.42. The number of fused-ring (bicyclic) bond motifs is 1. The zero-order valence-electron chi connectivity index (χ0n) is 11.2. The van der Waals surface area contributed by atoms with Crippen molar-refractivity contribution in [3.8, 4) is 0 Å². The van der Waals surface area contributed by atoms with Crippen molar-refractivity contribution >= 4 is 0 Å². The van der Waals surface area contributed by atoms with E-state index in [2.05, 4.69) is 11.6 Å². The molecule has 2 aliphatic rings. The summed E-state index contributed by atoms with van der Waals surface area (Å²) in [6.45, 7) is 7.32. The highest BCUT2D eigenvalue weighted by atomic mass is 16.8.